The van der Waals surface area contributed by atoms with Crippen LogP contribution >= 0.6 is 11.6 Å². The highest BCUT2D eigenvalue weighted by Gasteiger charge is 2.10. The summed E-state index contributed by atoms with van der Waals surface area (Å²) in [4.78, 5) is 11.9. The third-order valence-corrected chi connectivity index (χ3v) is 3.34. The van der Waals surface area contributed by atoms with Gasteiger partial charge < -0.3 is 10.1 Å². The Balaban J connectivity index is 1.68. The molecule has 8 heteroatoms. The molecule has 1 heterocycles. The number of carbonyl (C=O) groups is 1. The van der Waals surface area contributed by atoms with Gasteiger partial charge in [0, 0.05) is 10.7 Å². The quantitative estimate of drug-likeness (QED) is 0.770. The number of aromatic nitrogens is 3. The van der Waals surface area contributed by atoms with Gasteiger partial charge in [0.05, 0.1) is 5.69 Å². The number of hydrogen-bond acceptors (Lipinski definition) is 4. The smallest absolute Gasteiger partial charge is 0.262 e. The average molecular weight is 347 g/mol. The van der Waals surface area contributed by atoms with Crippen LogP contribution in [0.1, 0.15) is 0 Å². The lowest BCUT2D eigenvalue weighted by atomic mass is 10.3. The van der Waals surface area contributed by atoms with Crippen molar-refractivity contribution in [2.45, 2.75) is 0 Å². The molecule has 0 aliphatic heterocycles. The fourth-order valence-corrected chi connectivity index (χ4v) is 2.18. The van der Waals surface area contributed by atoms with Gasteiger partial charge in [-0.1, -0.05) is 11.6 Å². The summed E-state index contributed by atoms with van der Waals surface area (Å²) in [6, 6.07) is 10.5. The minimum atomic E-state index is -0.371. The van der Waals surface area contributed by atoms with Crippen molar-refractivity contribution in [3.63, 3.8) is 0 Å². The number of carbonyl (C=O) groups excluding carboxylic acids is 1. The van der Waals surface area contributed by atoms with E-state index in [0.717, 1.165) is 0 Å². The van der Waals surface area contributed by atoms with Gasteiger partial charge >= 0.3 is 0 Å². The normalized spacial score (nSPS) is 10.4. The van der Waals surface area contributed by atoms with Gasteiger partial charge in [0.25, 0.3) is 5.91 Å². The van der Waals surface area contributed by atoms with Crippen LogP contribution in [0.2, 0.25) is 5.02 Å². The first-order chi connectivity index (χ1) is 11.6. The fourth-order valence-electron chi connectivity index (χ4n) is 2.01. The number of hydrogen-bond donors (Lipinski definition) is 1. The van der Waals surface area contributed by atoms with Crippen LogP contribution in [-0.2, 0) is 4.79 Å². The number of nitrogens with one attached hydrogen (secondary N) is 1. The molecular weight excluding hydrogens is 335 g/mol. The molecule has 0 aliphatic rings. The first-order valence-electron chi connectivity index (χ1n) is 6.94. The first-order valence-corrected chi connectivity index (χ1v) is 7.32. The number of halogens is 2. The number of benzene rings is 2. The van der Waals surface area contributed by atoms with Crippen LogP contribution in [0.4, 0.5) is 10.1 Å². The van der Waals surface area contributed by atoms with Crippen molar-refractivity contribution in [1.29, 1.82) is 0 Å². The lowest BCUT2D eigenvalue weighted by molar-refractivity contribution is -0.118. The Hall–Kier alpha value is -2.93. The van der Waals surface area contributed by atoms with E-state index >= 15 is 0 Å². The fraction of sp³-hybridized carbons (Fsp3) is 0.0625. The molecule has 0 radical (unpaired) electrons. The zero-order valence-corrected chi connectivity index (χ0v) is 13.1. The number of anilines is 1. The predicted molar refractivity (Wildman–Crippen MR) is 86.9 cm³/mol. The molecule has 24 heavy (non-hydrogen) atoms. The van der Waals surface area contributed by atoms with Crippen LogP contribution < -0.4 is 10.1 Å². The van der Waals surface area contributed by atoms with Crippen molar-refractivity contribution in [2.24, 2.45) is 0 Å². The highest BCUT2D eigenvalue weighted by Crippen LogP contribution is 2.26. The maximum absolute atomic E-state index is 12.8. The second-order valence-electron chi connectivity index (χ2n) is 4.82. The van der Waals surface area contributed by atoms with Gasteiger partial charge in [0.2, 0.25) is 0 Å². The van der Waals surface area contributed by atoms with Crippen molar-refractivity contribution >= 4 is 23.2 Å². The SMILES string of the molecule is O=C(COc1ccc(Cl)cc1-n1cnnc1)Nc1ccc(F)cc1. The topological polar surface area (TPSA) is 69.0 Å². The van der Waals surface area contributed by atoms with E-state index in [1.54, 1.807) is 22.8 Å². The summed E-state index contributed by atoms with van der Waals surface area (Å²) >= 11 is 6.00. The van der Waals surface area contributed by atoms with Gasteiger partial charge in [-0.3, -0.25) is 9.36 Å². The van der Waals surface area contributed by atoms with E-state index in [9.17, 15) is 9.18 Å². The van der Waals surface area contributed by atoms with Crippen LogP contribution in [-0.4, -0.2) is 27.3 Å². The molecule has 1 amide bonds. The van der Waals surface area contributed by atoms with Crippen molar-refractivity contribution in [3.8, 4) is 11.4 Å². The van der Waals surface area contributed by atoms with Crippen LogP contribution in [0.25, 0.3) is 5.69 Å². The van der Waals surface area contributed by atoms with Gasteiger partial charge in [0.1, 0.15) is 24.2 Å². The molecule has 122 valence electrons. The van der Waals surface area contributed by atoms with E-state index < -0.39 is 0 Å². The third kappa shape index (κ3) is 3.88. The number of nitrogens with zero attached hydrogens (tertiary/aromatic N) is 3. The Labute approximate surface area is 141 Å². The summed E-state index contributed by atoms with van der Waals surface area (Å²) < 4.78 is 20.0. The molecule has 0 aliphatic carbocycles. The molecule has 1 N–H and O–H groups in total. The Morgan fingerprint density at radius 3 is 2.58 bits per heavy atom. The highest BCUT2D eigenvalue weighted by molar-refractivity contribution is 6.30. The van der Waals surface area contributed by atoms with Crippen LogP contribution in [0, 0.1) is 5.82 Å². The highest BCUT2D eigenvalue weighted by atomic mass is 35.5. The molecule has 0 spiro atoms. The summed E-state index contributed by atoms with van der Waals surface area (Å²) in [5, 5.41) is 10.6. The zero-order valence-electron chi connectivity index (χ0n) is 12.3. The monoisotopic (exact) mass is 346 g/mol. The summed E-state index contributed by atoms with van der Waals surface area (Å²) in [5.74, 6) is -0.288. The minimum absolute atomic E-state index is 0.214. The second-order valence-corrected chi connectivity index (χ2v) is 5.26. The average Bonchev–Trinajstić information content (AvgIpc) is 3.10. The Morgan fingerprint density at radius 2 is 1.88 bits per heavy atom. The molecule has 0 fully saturated rings. The van der Waals surface area contributed by atoms with Crippen molar-refractivity contribution < 1.29 is 13.9 Å². The van der Waals surface area contributed by atoms with Gasteiger partial charge in [-0.2, -0.15) is 0 Å². The largest absolute Gasteiger partial charge is 0.482 e. The van der Waals surface area contributed by atoms with Gasteiger partial charge in [0.15, 0.2) is 6.61 Å². The van der Waals surface area contributed by atoms with Crippen LogP contribution in [0.15, 0.2) is 55.1 Å². The second kappa shape index (κ2) is 7.10. The minimum Gasteiger partial charge on any atom is -0.482 e. The lowest BCUT2D eigenvalue weighted by Crippen LogP contribution is -2.20. The zero-order chi connectivity index (χ0) is 16.9. The molecule has 1 aromatic heterocycles. The number of rotatable bonds is 5. The van der Waals surface area contributed by atoms with Gasteiger partial charge in [-0.25, -0.2) is 4.39 Å². The van der Waals surface area contributed by atoms with Gasteiger partial charge in [-0.05, 0) is 42.5 Å². The van der Waals surface area contributed by atoms with Crippen LogP contribution in [0.5, 0.6) is 5.75 Å². The molecule has 2 aromatic carbocycles. The molecule has 3 rings (SSSR count). The standard InChI is InChI=1S/C16H12ClFN4O2/c17-11-1-6-15(14(7-11)22-9-19-20-10-22)24-8-16(23)21-13-4-2-12(18)3-5-13/h1-7,9-10H,8H2,(H,21,23). The first kappa shape index (κ1) is 15.9. The van der Waals surface area contributed by atoms with E-state index in [-0.39, 0.29) is 18.3 Å². The van der Waals surface area contributed by atoms with E-state index in [1.165, 1.54) is 36.9 Å². The molecule has 0 unspecified atom stereocenters. The van der Waals surface area contributed by atoms with E-state index in [2.05, 4.69) is 15.5 Å². The lowest BCUT2D eigenvalue weighted by Gasteiger charge is -2.12. The van der Waals surface area contributed by atoms with Crippen LogP contribution in [0.3, 0.4) is 0 Å². The third-order valence-electron chi connectivity index (χ3n) is 3.10. The van der Waals surface area contributed by atoms with E-state index in [1.807, 2.05) is 0 Å². The Bertz CT molecular complexity index is 838. The van der Waals surface area contributed by atoms with Crippen molar-refractivity contribution in [2.75, 3.05) is 11.9 Å². The maximum atomic E-state index is 12.8. The molecule has 0 saturated carbocycles. The van der Waals surface area contributed by atoms with Crippen molar-refractivity contribution in [1.82, 2.24) is 14.8 Å². The van der Waals surface area contributed by atoms with E-state index in [4.69, 9.17) is 16.3 Å². The number of amides is 1. The number of ether oxygens (including phenoxy) is 1. The summed E-state index contributed by atoms with van der Waals surface area (Å²) in [6.07, 6.45) is 2.99. The van der Waals surface area contributed by atoms with Gasteiger partial charge in [-0.15, -0.1) is 10.2 Å². The molecule has 3 aromatic rings. The molecular formula is C16H12ClFN4O2. The summed E-state index contributed by atoms with van der Waals surface area (Å²) in [6.45, 7) is -0.214. The maximum Gasteiger partial charge on any atom is 0.262 e. The summed E-state index contributed by atoms with van der Waals surface area (Å²) in [7, 11) is 0. The van der Waals surface area contributed by atoms with Crippen molar-refractivity contribution in [3.05, 3.63) is 66.0 Å². The molecule has 0 saturated heterocycles. The molecule has 0 bridgehead atoms. The Morgan fingerprint density at radius 1 is 1.17 bits per heavy atom. The summed E-state index contributed by atoms with van der Waals surface area (Å²) in [5.41, 5.74) is 1.10. The molecule has 6 nitrogen and oxygen atoms in total. The van der Waals surface area contributed by atoms with E-state index in [0.29, 0.717) is 22.1 Å². The molecule has 0 atom stereocenters. The Kier molecular flexibility index (Phi) is 4.72. The predicted octanol–water partition coefficient (Wildman–Crippen LogP) is 3.08.